The van der Waals surface area contributed by atoms with Crippen LogP contribution >= 0.6 is 47.8 Å². The number of fused-ring (bicyclic) bond motifs is 2. The predicted octanol–water partition coefficient (Wildman–Crippen LogP) is 17.2. The van der Waals surface area contributed by atoms with Crippen LogP contribution in [0.5, 0.6) is 0 Å². The Kier molecular flexibility index (Phi) is 27.8. The third kappa shape index (κ3) is 24.2. The molecule has 0 amide bonds. The van der Waals surface area contributed by atoms with Gasteiger partial charge in [-0.15, -0.1) is 0 Å². The van der Waals surface area contributed by atoms with Crippen molar-refractivity contribution in [3.05, 3.63) is 132 Å². The van der Waals surface area contributed by atoms with Gasteiger partial charge in [-0.05, 0) is 284 Å². The third-order valence-electron chi connectivity index (χ3n) is 17.2. The minimum atomic E-state index is -0.476. The molecule has 7 heterocycles. The van der Waals surface area contributed by atoms with Crippen LogP contribution in [0.4, 0.5) is 57.1 Å². The van der Waals surface area contributed by atoms with E-state index in [9.17, 15) is 10.1 Å². The first-order valence-corrected chi connectivity index (χ1v) is 35.7. The molecule has 99 heavy (non-hydrogen) atoms. The summed E-state index contributed by atoms with van der Waals surface area (Å²) < 4.78 is 38.7. The zero-order valence-electron chi connectivity index (χ0n) is 63.0. The van der Waals surface area contributed by atoms with E-state index >= 15 is 0 Å². The second-order valence-corrected chi connectivity index (χ2v) is 35.1. The number of aromatic nitrogens is 2. The smallest absolute Gasteiger partial charge is 0.405 e. The van der Waals surface area contributed by atoms with E-state index in [-0.39, 0.29) is 88.0 Å². The Morgan fingerprint density at radius 2 is 0.808 bits per heavy atom. The van der Waals surface area contributed by atoms with Crippen molar-refractivity contribution in [3.8, 4) is 11.1 Å². The van der Waals surface area contributed by atoms with Gasteiger partial charge in [0.2, 0.25) is 0 Å². The molecule has 2 aromatic heterocycles. The number of benzene rings is 4. The number of nitro benzene ring substituents is 1. The van der Waals surface area contributed by atoms with Crippen LogP contribution in [0.3, 0.4) is 0 Å². The molecule has 4 aromatic carbocycles. The quantitative estimate of drug-likeness (QED) is 0.0296. The molecule has 12 N–H and O–H groups in total. The molecule has 11 rings (SSSR count). The van der Waals surface area contributed by atoms with Crippen molar-refractivity contribution in [3.63, 3.8) is 0 Å². The van der Waals surface area contributed by atoms with Gasteiger partial charge >= 0.3 is 21.1 Å². The molecule has 0 radical (unpaired) electrons. The number of nitrogen functional groups attached to an aromatic ring is 3. The third-order valence-corrected chi connectivity index (χ3v) is 18.7. The topological polar surface area (TPSA) is 275 Å². The first-order valence-electron chi connectivity index (χ1n) is 33.3. The summed E-state index contributed by atoms with van der Waals surface area (Å²) in [5.74, 6) is 2.06. The van der Waals surface area contributed by atoms with Gasteiger partial charge in [0.05, 0.1) is 72.7 Å². The molecular weight excluding hydrogens is 1500 g/mol. The van der Waals surface area contributed by atoms with Gasteiger partial charge in [-0.25, -0.2) is 9.97 Å². The van der Waals surface area contributed by atoms with Crippen LogP contribution in [0.1, 0.15) is 177 Å². The average Bonchev–Trinajstić information content (AvgIpc) is 1.60. The maximum absolute atomic E-state index is 10.8. The van der Waals surface area contributed by atoms with E-state index in [1.807, 2.05) is 165 Å². The molecular formula is C72H108B3Br3N12O8Zn. The number of nitro groups is 1. The minimum Gasteiger partial charge on any atom is -0.405 e. The molecule has 20 nitrogen and oxygen atoms in total. The molecule has 0 unspecified atom stereocenters. The summed E-state index contributed by atoms with van der Waals surface area (Å²) in [7, 11) is -1.33. The zero-order chi connectivity index (χ0) is 73.7. The number of nitrogens with one attached hydrogen (secondary N) is 6. The van der Waals surface area contributed by atoms with Crippen molar-refractivity contribution in [2.45, 2.75) is 235 Å². The molecule has 0 saturated carbocycles. The van der Waals surface area contributed by atoms with Crippen molar-refractivity contribution in [2.75, 3.05) is 62.2 Å². The summed E-state index contributed by atoms with van der Waals surface area (Å²) in [6.07, 6.45) is 5.86. The van der Waals surface area contributed by atoms with Crippen molar-refractivity contribution in [2.24, 2.45) is 0 Å². The van der Waals surface area contributed by atoms with Gasteiger partial charge in [-0.1, -0.05) is 44.0 Å². The second kappa shape index (κ2) is 32.6. The van der Waals surface area contributed by atoms with E-state index in [0.29, 0.717) is 15.8 Å². The van der Waals surface area contributed by atoms with Crippen LogP contribution in [0.15, 0.2) is 111 Å². The number of hydrogen-bond acceptors (Lipinski definition) is 19. The van der Waals surface area contributed by atoms with E-state index in [1.165, 1.54) is 17.2 Å². The maximum atomic E-state index is 10.8. The molecule has 536 valence electrons. The van der Waals surface area contributed by atoms with E-state index in [1.54, 1.807) is 12.1 Å². The molecule has 0 aliphatic carbocycles. The van der Waals surface area contributed by atoms with Gasteiger partial charge in [0.1, 0.15) is 17.3 Å². The van der Waals surface area contributed by atoms with Gasteiger partial charge in [-0.2, -0.15) is 0 Å². The van der Waals surface area contributed by atoms with Crippen LogP contribution in [0.25, 0.3) is 11.1 Å². The standard InChI is InChI=1S/C17H22N4.C16H27BN2O2.C12H24B2O4.C10H13BrN2O2.C10H15BrN2.C7H7BrN2.Zn/c1-17(2,3)21-15-5-4-11(9-14(15)18)13-8-12-6-7-19-16(12)20-10-13;1-14(2,3)19-13-9-8-11(10-12(13)18)17-20-15(4,5)16(6,7)21-17;1-9(2)10(3,4)16-13(15-9)14-17-11(5,6)12(7,8)18-14;1-10(2,3)12-8-5-4-7(11)6-9(8)13(14)15;1-10(2,3)13-9-5-4-7(11)6-8(9)12;8-6-3-5-1-2-9-7(5)10-4-6;/h4-5,8-10,21H,6-7,18H2,1-3H3,(H,19,20);8-10,19H,18H2,1-7H3;1-8H3;4-6,12H,1-3H3;4-6,13H,12H2,1-3H3;3-4H,1-2H2,(H,9,10);. The minimum absolute atomic E-state index is 0. The monoisotopic (exact) mass is 1600 g/mol. The van der Waals surface area contributed by atoms with Gasteiger partial charge in [0, 0.05) is 92.2 Å². The predicted molar refractivity (Wildman–Crippen MR) is 422 cm³/mol. The summed E-state index contributed by atoms with van der Waals surface area (Å²) in [5.41, 5.74) is 27.4. The van der Waals surface area contributed by atoms with Gasteiger partial charge in [0.15, 0.2) is 0 Å². The van der Waals surface area contributed by atoms with Crippen LogP contribution < -0.4 is 54.6 Å². The van der Waals surface area contributed by atoms with Crippen LogP contribution in [0, 0.1) is 10.1 Å². The van der Waals surface area contributed by atoms with Crippen LogP contribution in [-0.4, -0.2) is 105 Å². The molecule has 0 spiro atoms. The average molecular weight is 1610 g/mol. The summed E-state index contributed by atoms with van der Waals surface area (Å²) in [6.45, 7) is 51.3. The number of nitrogens with two attached hydrogens (primary N) is 3. The number of nitrogens with zero attached hydrogens (tertiary/aromatic N) is 3. The van der Waals surface area contributed by atoms with Gasteiger partial charge < -0.3 is 77.0 Å². The Morgan fingerprint density at radius 1 is 0.455 bits per heavy atom. The van der Waals surface area contributed by atoms with Gasteiger partial charge in [-0.3, -0.25) is 10.1 Å². The zero-order valence-corrected chi connectivity index (χ0v) is 70.7. The molecule has 6 aromatic rings. The van der Waals surface area contributed by atoms with Crippen molar-refractivity contribution in [1.82, 2.24) is 9.97 Å². The van der Waals surface area contributed by atoms with E-state index in [2.05, 4.69) is 170 Å². The van der Waals surface area contributed by atoms with E-state index in [4.69, 9.17) is 45.1 Å². The molecule has 0 atom stereocenters. The fraction of sp³-hybridized carbons (Fsp3) is 0.528. The molecule has 5 aliphatic rings. The number of pyridine rings is 2. The largest absolute Gasteiger partial charge is 0.494 e. The maximum Gasteiger partial charge on any atom is 0.494 e. The number of hydrogen-bond donors (Lipinski definition) is 9. The first kappa shape index (κ1) is 84.5. The molecule has 3 saturated heterocycles. The van der Waals surface area contributed by atoms with E-state index < -0.39 is 18.9 Å². The normalized spacial score (nSPS) is 17.7. The molecule has 3 fully saturated rings. The van der Waals surface area contributed by atoms with Crippen molar-refractivity contribution < 1.29 is 52.3 Å². The van der Waals surface area contributed by atoms with Gasteiger partial charge in [0.25, 0.3) is 5.69 Å². The summed E-state index contributed by atoms with van der Waals surface area (Å²) in [6, 6.07) is 27.2. The fourth-order valence-corrected chi connectivity index (χ4v) is 11.3. The first-order chi connectivity index (χ1) is 44.8. The Labute approximate surface area is 629 Å². The Balaban J connectivity index is 0.000000217. The van der Waals surface area contributed by atoms with Crippen LogP contribution in [0.2, 0.25) is 0 Å². The Hall–Kier alpha value is -5.20. The molecule has 5 aliphatic heterocycles. The SMILES string of the molecule is Brc1cnc2c(c1)CCN2.CC(C)(C)Nc1ccc(-c2cnc3c(c2)CCN3)cc1N.CC(C)(C)Nc1ccc(B2OC(C)(C)C(C)(C)O2)cc1N.CC(C)(C)Nc1ccc(Br)cc1N.CC(C)(C)Nc1ccc(Br)cc1[N+](=O)[O-].CC1(C)OB(B2OC(C)(C)C(C)(C)O2)OC1(C)C.[Zn]. The molecule has 27 heteroatoms. The van der Waals surface area contributed by atoms with Crippen LogP contribution in [-0.2, 0) is 60.2 Å². The number of anilines is 9. The number of halogens is 3. The fourth-order valence-electron chi connectivity index (χ4n) is 10.2. The Bertz CT molecular complexity index is 3670. The summed E-state index contributed by atoms with van der Waals surface area (Å²) >= 11 is 9.95. The summed E-state index contributed by atoms with van der Waals surface area (Å²) in [5, 5.41) is 30.5. The number of rotatable bonds is 8. The van der Waals surface area contributed by atoms with Crippen molar-refractivity contribution >= 4 is 132 Å². The van der Waals surface area contributed by atoms with E-state index in [0.717, 1.165) is 91.5 Å². The second-order valence-electron chi connectivity index (χ2n) is 32.4. The summed E-state index contributed by atoms with van der Waals surface area (Å²) in [4.78, 5) is 19.1. The van der Waals surface area contributed by atoms with Crippen molar-refractivity contribution in [1.29, 1.82) is 0 Å². The molecule has 0 bridgehead atoms. The Morgan fingerprint density at radius 3 is 1.21 bits per heavy atom.